The second-order valence-corrected chi connectivity index (χ2v) is 5.87. The summed E-state index contributed by atoms with van der Waals surface area (Å²) in [5.74, 6) is 0.0965. The van der Waals surface area contributed by atoms with Gasteiger partial charge in [-0.3, -0.25) is 14.4 Å². The van der Waals surface area contributed by atoms with Gasteiger partial charge in [-0.25, -0.2) is 0 Å². The van der Waals surface area contributed by atoms with Crippen molar-refractivity contribution in [1.29, 1.82) is 0 Å². The molecule has 1 saturated heterocycles. The molecule has 0 spiro atoms. The van der Waals surface area contributed by atoms with Crippen molar-refractivity contribution in [3.05, 3.63) is 18.0 Å². The summed E-state index contributed by atoms with van der Waals surface area (Å²) in [5.41, 5.74) is 1.23. The fourth-order valence-corrected chi connectivity index (χ4v) is 3.23. The van der Waals surface area contributed by atoms with E-state index in [0.29, 0.717) is 12.5 Å². The van der Waals surface area contributed by atoms with Crippen molar-refractivity contribution in [3.8, 4) is 0 Å². The minimum absolute atomic E-state index is 0.0965. The van der Waals surface area contributed by atoms with E-state index in [9.17, 15) is 4.79 Å². The van der Waals surface area contributed by atoms with E-state index in [1.807, 2.05) is 10.9 Å². The van der Waals surface area contributed by atoms with Crippen molar-refractivity contribution in [1.82, 2.24) is 20.0 Å². The Labute approximate surface area is 132 Å². The SMILES string of the molecule is CCn1cc(CN2CCC[C@H](OC)[C@@H]2CCC(=O)NC)cn1. The van der Waals surface area contributed by atoms with Gasteiger partial charge >= 0.3 is 0 Å². The Hall–Kier alpha value is -1.40. The average molecular weight is 308 g/mol. The molecule has 0 aliphatic carbocycles. The van der Waals surface area contributed by atoms with Crippen LogP contribution in [0.4, 0.5) is 0 Å². The topological polar surface area (TPSA) is 59.4 Å². The minimum atomic E-state index is 0.0965. The third kappa shape index (κ3) is 4.30. The number of nitrogens with zero attached hydrogens (tertiary/aromatic N) is 3. The number of carbonyl (C=O) groups is 1. The average Bonchev–Trinajstić information content (AvgIpc) is 3.00. The van der Waals surface area contributed by atoms with Crippen LogP contribution >= 0.6 is 0 Å². The van der Waals surface area contributed by atoms with E-state index in [4.69, 9.17) is 4.74 Å². The van der Waals surface area contributed by atoms with Crippen LogP contribution in [0.3, 0.4) is 0 Å². The lowest BCUT2D eigenvalue weighted by atomic mass is 9.94. The van der Waals surface area contributed by atoms with Crippen molar-refractivity contribution in [2.24, 2.45) is 0 Å². The van der Waals surface area contributed by atoms with Crippen LogP contribution in [0.1, 0.15) is 38.2 Å². The number of hydrogen-bond donors (Lipinski definition) is 1. The number of aryl methyl sites for hydroxylation is 1. The number of nitrogens with one attached hydrogen (secondary N) is 1. The summed E-state index contributed by atoms with van der Waals surface area (Å²) in [4.78, 5) is 14.0. The summed E-state index contributed by atoms with van der Waals surface area (Å²) in [5, 5.41) is 7.05. The number of hydrogen-bond acceptors (Lipinski definition) is 4. The predicted octanol–water partition coefficient (Wildman–Crippen LogP) is 1.41. The maximum atomic E-state index is 11.6. The van der Waals surface area contributed by atoms with E-state index in [1.165, 1.54) is 5.56 Å². The molecule has 1 amide bonds. The zero-order valence-electron chi connectivity index (χ0n) is 13.9. The molecule has 0 bridgehead atoms. The van der Waals surface area contributed by atoms with Crippen LogP contribution < -0.4 is 5.32 Å². The van der Waals surface area contributed by atoms with Crippen LogP contribution in [0.2, 0.25) is 0 Å². The Morgan fingerprint density at radius 1 is 1.55 bits per heavy atom. The van der Waals surface area contributed by atoms with Gasteiger partial charge in [0.15, 0.2) is 0 Å². The Bertz CT molecular complexity index is 474. The normalized spacial score (nSPS) is 22.7. The summed E-state index contributed by atoms with van der Waals surface area (Å²) in [6.45, 7) is 4.90. The van der Waals surface area contributed by atoms with Gasteiger partial charge in [0, 0.05) is 51.5 Å². The summed E-state index contributed by atoms with van der Waals surface area (Å²) in [7, 11) is 3.46. The highest BCUT2D eigenvalue weighted by atomic mass is 16.5. The molecular formula is C16H28N4O2. The van der Waals surface area contributed by atoms with Crippen molar-refractivity contribution >= 4 is 5.91 Å². The Morgan fingerprint density at radius 3 is 3.00 bits per heavy atom. The first-order chi connectivity index (χ1) is 10.7. The Morgan fingerprint density at radius 2 is 2.36 bits per heavy atom. The van der Waals surface area contributed by atoms with Crippen molar-refractivity contribution in [3.63, 3.8) is 0 Å². The van der Waals surface area contributed by atoms with E-state index < -0.39 is 0 Å². The van der Waals surface area contributed by atoms with Gasteiger partial charge in [-0.2, -0.15) is 5.10 Å². The van der Waals surface area contributed by atoms with Gasteiger partial charge in [0.05, 0.1) is 12.3 Å². The van der Waals surface area contributed by atoms with E-state index in [1.54, 1.807) is 14.2 Å². The van der Waals surface area contributed by atoms with Gasteiger partial charge in [0.25, 0.3) is 0 Å². The lowest BCUT2D eigenvalue weighted by Gasteiger charge is -2.40. The molecule has 1 aliphatic rings. The molecule has 0 unspecified atom stereocenters. The molecule has 2 atom stereocenters. The number of aromatic nitrogens is 2. The number of carbonyl (C=O) groups excluding carboxylic acids is 1. The minimum Gasteiger partial charge on any atom is -0.380 e. The molecule has 1 aromatic heterocycles. The molecule has 6 nitrogen and oxygen atoms in total. The van der Waals surface area contributed by atoms with Crippen LogP contribution in [0.5, 0.6) is 0 Å². The highest BCUT2D eigenvalue weighted by Gasteiger charge is 2.31. The second-order valence-electron chi connectivity index (χ2n) is 5.87. The number of likely N-dealkylation sites (tertiary alicyclic amines) is 1. The van der Waals surface area contributed by atoms with Crippen LogP contribution in [-0.4, -0.2) is 53.4 Å². The lowest BCUT2D eigenvalue weighted by molar-refractivity contribution is -0.121. The van der Waals surface area contributed by atoms with E-state index >= 15 is 0 Å². The van der Waals surface area contributed by atoms with Gasteiger partial charge in [-0.15, -0.1) is 0 Å². The molecule has 2 rings (SSSR count). The summed E-state index contributed by atoms with van der Waals surface area (Å²) >= 11 is 0. The number of ether oxygens (including phenoxy) is 1. The molecule has 0 aromatic carbocycles. The van der Waals surface area contributed by atoms with E-state index in [-0.39, 0.29) is 12.0 Å². The standard InChI is InChI=1S/C16H28N4O2/c1-4-20-12-13(10-18-20)11-19-9-5-6-15(22-3)14(19)7-8-16(21)17-2/h10,12,14-15H,4-9,11H2,1-3H3,(H,17,21)/t14-,15-/m0/s1. The largest absolute Gasteiger partial charge is 0.380 e. The van der Waals surface area contributed by atoms with Gasteiger partial charge in [-0.05, 0) is 32.7 Å². The zero-order valence-corrected chi connectivity index (χ0v) is 13.9. The van der Waals surface area contributed by atoms with Gasteiger partial charge < -0.3 is 10.1 Å². The van der Waals surface area contributed by atoms with Crippen molar-refractivity contribution in [2.75, 3.05) is 20.7 Å². The monoisotopic (exact) mass is 308 g/mol. The Kier molecular flexibility index (Phi) is 6.39. The fraction of sp³-hybridized carbons (Fsp3) is 0.750. The van der Waals surface area contributed by atoms with Crippen LogP contribution in [0, 0.1) is 0 Å². The van der Waals surface area contributed by atoms with Gasteiger partial charge in [0.2, 0.25) is 5.91 Å². The molecule has 6 heteroatoms. The smallest absolute Gasteiger partial charge is 0.219 e. The number of amides is 1. The molecule has 1 aromatic rings. The maximum Gasteiger partial charge on any atom is 0.219 e. The van der Waals surface area contributed by atoms with Gasteiger partial charge in [-0.1, -0.05) is 0 Å². The number of methoxy groups -OCH3 is 1. The lowest BCUT2D eigenvalue weighted by Crippen LogP contribution is -2.48. The van der Waals surface area contributed by atoms with Crippen LogP contribution in [-0.2, 0) is 22.6 Å². The summed E-state index contributed by atoms with van der Waals surface area (Å²) < 4.78 is 7.62. The summed E-state index contributed by atoms with van der Waals surface area (Å²) in [6.07, 6.45) is 7.84. The Balaban J connectivity index is 2.02. The van der Waals surface area contributed by atoms with Crippen LogP contribution in [0.15, 0.2) is 12.4 Å². The molecule has 22 heavy (non-hydrogen) atoms. The zero-order chi connectivity index (χ0) is 15.9. The van der Waals surface area contributed by atoms with Gasteiger partial charge in [0.1, 0.15) is 0 Å². The highest BCUT2D eigenvalue weighted by Crippen LogP contribution is 2.25. The second kappa shape index (κ2) is 8.29. The third-order valence-electron chi connectivity index (χ3n) is 4.48. The molecular weight excluding hydrogens is 280 g/mol. The van der Waals surface area contributed by atoms with Crippen molar-refractivity contribution in [2.45, 2.75) is 57.8 Å². The first-order valence-electron chi connectivity index (χ1n) is 8.16. The van der Waals surface area contributed by atoms with Crippen LogP contribution in [0.25, 0.3) is 0 Å². The van der Waals surface area contributed by atoms with E-state index in [2.05, 4.69) is 28.4 Å². The number of rotatable bonds is 7. The molecule has 2 heterocycles. The first-order valence-corrected chi connectivity index (χ1v) is 8.16. The summed E-state index contributed by atoms with van der Waals surface area (Å²) in [6, 6.07) is 0.293. The fourth-order valence-electron chi connectivity index (χ4n) is 3.23. The highest BCUT2D eigenvalue weighted by molar-refractivity contribution is 5.75. The maximum absolute atomic E-state index is 11.6. The molecule has 0 saturated carbocycles. The van der Waals surface area contributed by atoms with Crippen molar-refractivity contribution < 1.29 is 9.53 Å². The molecule has 124 valence electrons. The third-order valence-corrected chi connectivity index (χ3v) is 4.48. The molecule has 1 fully saturated rings. The quantitative estimate of drug-likeness (QED) is 0.827. The molecule has 0 radical (unpaired) electrons. The van der Waals surface area contributed by atoms with E-state index in [0.717, 1.165) is 38.9 Å². The first kappa shape index (κ1) is 17.0. The predicted molar refractivity (Wildman–Crippen MR) is 85.4 cm³/mol. The molecule has 1 N–H and O–H groups in total. The molecule has 1 aliphatic heterocycles. The number of piperidine rings is 1.